The molecule has 0 aliphatic carbocycles. The van der Waals surface area contributed by atoms with Gasteiger partial charge in [0.2, 0.25) is 0 Å². The fourth-order valence-electron chi connectivity index (χ4n) is 4.18. The Morgan fingerprint density at radius 2 is 1.96 bits per heavy atom. The number of anilines is 1. The van der Waals surface area contributed by atoms with E-state index >= 15 is 0 Å². The summed E-state index contributed by atoms with van der Waals surface area (Å²) in [5, 5.41) is 8.47. The standard InChI is InChI=1S/C23H27Cl2N3/c24-20-10-8-17(15-21(20)25)16-28-14-4-3-6-19(28)12-13-26-23-11-9-18-5-1-2-7-22(18)27-23/h1-2,5,7-11,15,19,23,26-27H,3-4,6,12-14,16H2. The van der Waals surface area contributed by atoms with Crippen LogP contribution in [0.1, 0.15) is 36.8 Å². The third-order valence-electron chi connectivity index (χ3n) is 5.70. The summed E-state index contributed by atoms with van der Waals surface area (Å²) in [5.41, 5.74) is 3.68. The zero-order valence-corrected chi connectivity index (χ0v) is 17.5. The molecule has 28 heavy (non-hydrogen) atoms. The molecule has 3 nitrogen and oxygen atoms in total. The monoisotopic (exact) mass is 415 g/mol. The molecule has 2 aromatic carbocycles. The van der Waals surface area contributed by atoms with E-state index in [4.69, 9.17) is 23.2 Å². The second kappa shape index (κ2) is 9.32. The first-order valence-corrected chi connectivity index (χ1v) is 10.9. The second-order valence-electron chi connectivity index (χ2n) is 7.68. The highest BCUT2D eigenvalue weighted by Gasteiger charge is 2.22. The van der Waals surface area contributed by atoms with Crippen LogP contribution in [0.5, 0.6) is 0 Å². The van der Waals surface area contributed by atoms with Gasteiger partial charge in [-0.3, -0.25) is 10.2 Å². The summed E-state index contributed by atoms with van der Waals surface area (Å²) in [7, 11) is 0. The van der Waals surface area contributed by atoms with Gasteiger partial charge in [0.15, 0.2) is 0 Å². The Hall–Kier alpha value is -1.52. The SMILES string of the molecule is Clc1ccc(CN2CCCCC2CCNC2C=Cc3ccccc3N2)cc1Cl. The second-order valence-corrected chi connectivity index (χ2v) is 8.49. The van der Waals surface area contributed by atoms with E-state index in [0.29, 0.717) is 16.1 Å². The number of piperidine rings is 1. The lowest BCUT2D eigenvalue weighted by Crippen LogP contribution is -2.43. The van der Waals surface area contributed by atoms with Crippen LogP contribution in [-0.2, 0) is 6.54 Å². The Morgan fingerprint density at radius 1 is 1.07 bits per heavy atom. The maximum atomic E-state index is 6.20. The van der Waals surface area contributed by atoms with Gasteiger partial charge in [0.25, 0.3) is 0 Å². The predicted molar refractivity (Wildman–Crippen MR) is 120 cm³/mol. The number of nitrogens with one attached hydrogen (secondary N) is 2. The van der Waals surface area contributed by atoms with E-state index < -0.39 is 0 Å². The maximum absolute atomic E-state index is 6.20. The van der Waals surface area contributed by atoms with Gasteiger partial charge in [-0.2, -0.15) is 0 Å². The largest absolute Gasteiger partial charge is 0.366 e. The highest BCUT2D eigenvalue weighted by Crippen LogP contribution is 2.26. The van der Waals surface area contributed by atoms with E-state index in [2.05, 4.69) is 58.0 Å². The summed E-state index contributed by atoms with van der Waals surface area (Å²) in [6.45, 7) is 3.09. The van der Waals surface area contributed by atoms with Gasteiger partial charge in [0, 0.05) is 18.3 Å². The van der Waals surface area contributed by atoms with Crippen LogP contribution in [0.2, 0.25) is 10.0 Å². The lowest BCUT2D eigenvalue weighted by atomic mass is 9.98. The van der Waals surface area contributed by atoms with E-state index in [1.807, 2.05) is 12.1 Å². The van der Waals surface area contributed by atoms with Crippen molar-refractivity contribution in [2.45, 2.75) is 44.4 Å². The van der Waals surface area contributed by atoms with Gasteiger partial charge in [-0.1, -0.05) is 60.0 Å². The first-order valence-electron chi connectivity index (χ1n) is 10.1. The molecule has 0 bridgehead atoms. The highest BCUT2D eigenvalue weighted by molar-refractivity contribution is 6.42. The summed E-state index contributed by atoms with van der Waals surface area (Å²) < 4.78 is 0. The smallest absolute Gasteiger partial charge is 0.0964 e. The van der Waals surface area contributed by atoms with Crippen molar-refractivity contribution >= 4 is 35.0 Å². The van der Waals surface area contributed by atoms with Crippen molar-refractivity contribution in [3.8, 4) is 0 Å². The number of hydrogen-bond acceptors (Lipinski definition) is 3. The van der Waals surface area contributed by atoms with Crippen LogP contribution in [0, 0.1) is 0 Å². The van der Waals surface area contributed by atoms with Crippen LogP contribution in [0.25, 0.3) is 6.08 Å². The molecule has 0 aromatic heterocycles. The fourth-order valence-corrected chi connectivity index (χ4v) is 4.50. The first kappa shape index (κ1) is 19.8. The van der Waals surface area contributed by atoms with Gasteiger partial charge < -0.3 is 5.32 Å². The van der Waals surface area contributed by atoms with Gasteiger partial charge in [0.05, 0.1) is 16.2 Å². The normalized spacial score (nSPS) is 21.9. The number of halogens is 2. The summed E-state index contributed by atoms with van der Waals surface area (Å²) in [6.07, 6.45) is 9.60. The van der Waals surface area contributed by atoms with Gasteiger partial charge in [-0.15, -0.1) is 0 Å². The van der Waals surface area contributed by atoms with Crippen molar-refractivity contribution in [2.24, 2.45) is 0 Å². The molecule has 1 fully saturated rings. The number of fused-ring (bicyclic) bond motifs is 1. The van der Waals surface area contributed by atoms with E-state index in [1.165, 1.54) is 36.1 Å². The summed E-state index contributed by atoms with van der Waals surface area (Å²) in [6, 6.07) is 15.0. The lowest BCUT2D eigenvalue weighted by Gasteiger charge is -2.36. The molecule has 1 saturated heterocycles. The van der Waals surface area contributed by atoms with Gasteiger partial charge in [-0.25, -0.2) is 0 Å². The molecule has 5 heteroatoms. The average molecular weight is 416 g/mol. The minimum Gasteiger partial charge on any atom is -0.366 e. The molecule has 148 valence electrons. The Balaban J connectivity index is 1.30. The van der Waals surface area contributed by atoms with Crippen LogP contribution in [-0.4, -0.2) is 30.2 Å². The van der Waals surface area contributed by atoms with Crippen LogP contribution in [0.15, 0.2) is 48.5 Å². The van der Waals surface area contributed by atoms with E-state index in [1.54, 1.807) is 0 Å². The number of hydrogen-bond donors (Lipinski definition) is 2. The molecule has 2 N–H and O–H groups in total. The Labute approximate surface area is 177 Å². The number of para-hydroxylation sites is 1. The number of benzene rings is 2. The average Bonchev–Trinajstić information content (AvgIpc) is 2.72. The zero-order valence-electron chi connectivity index (χ0n) is 16.0. The summed E-state index contributed by atoms with van der Waals surface area (Å²) in [4.78, 5) is 2.60. The minimum absolute atomic E-state index is 0.196. The Kier molecular flexibility index (Phi) is 6.58. The van der Waals surface area contributed by atoms with Crippen LogP contribution in [0.3, 0.4) is 0 Å². The Morgan fingerprint density at radius 3 is 2.86 bits per heavy atom. The van der Waals surface area contributed by atoms with Crippen LogP contribution in [0.4, 0.5) is 5.69 Å². The molecule has 2 aromatic rings. The van der Waals surface area contributed by atoms with Crippen molar-refractivity contribution in [1.82, 2.24) is 10.2 Å². The quantitative estimate of drug-likeness (QED) is 0.624. The third-order valence-corrected chi connectivity index (χ3v) is 6.44. The third kappa shape index (κ3) is 4.90. The van der Waals surface area contributed by atoms with E-state index in [-0.39, 0.29) is 6.17 Å². The topological polar surface area (TPSA) is 27.3 Å². The molecule has 2 atom stereocenters. The maximum Gasteiger partial charge on any atom is 0.0964 e. The molecule has 0 radical (unpaired) electrons. The molecule has 0 saturated carbocycles. The van der Waals surface area contributed by atoms with Gasteiger partial charge >= 0.3 is 0 Å². The molecule has 4 rings (SSSR count). The molecule has 2 unspecified atom stereocenters. The molecular formula is C23H27Cl2N3. The van der Waals surface area contributed by atoms with Crippen molar-refractivity contribution in [3.63, 3.8) is 0 Å². The Bertz CT molecular complexity index is 836. The molecule has 2 aliphatic heterocycles. The van der Waals surface area contributed by atoms with Gasteiger partial charge in [0.1, 0.15) is 0 Å². The molecular weight excluding hydrogens is 389 g/mol. The molecule has 0 amide bonds. The van der Waals surface area contributed by atoms with E-state index in [9.17, 15) is 0 Å². The zero-order chi connectivity index (χ0) is 19.3. The van der Waals surface area contributed by atoms with Crippen molar-refractivity contribution in [1.29, 1.82) is 0 Å². The summed E-state index contributed by atoms with van der Waals surface area (Å²) in [5.74, 6) is 0. The number of nitrogens with zero attached hydrogens (tertiary/aromatic N) is 1. The van der Waals surface area contributed by atoms with Crippen molar-refractivity contribution in [2.75, 3.05) is 18.4 Å². The highest BCUT2D eigenvalue weighted by atomic mass is 35.5. The van der Waals surface area contributed by atoms with Crippen molar-refractivity contribution < 1.29 is 0 Å². The lowest BCUT2D eigenvalue weighted by molar-refractivity contribution is 0.132. The number of rotatable bonds is 6. The fraction of sp³-hybridized carbons (Fsp3) is 0.391. The van der Waals surface area contributed by atoms with Crippen LogP contribution < -0.4 is 10.6 Å². The molecule has 0 spiro atoms. The summed E-state index contributed by atoms with van der Waals surface area (Å²) >= 11 is 12.3. The van der Waals surface area contributed by atoms with Gasteiger partial charge in [-0.05, 0) is 67.8 Å². The first-order chi connectivity index (χ1) is 13.7. The van der Waals surface area contributed by atoms with Crippen molar-refractivity contribution in [3.05, 3.63) is 69.7 Å². The minimum atomic E-state index is 0.196. The van der Waals surface area contributed by atoms with Crippen LogP contribution >= 0.6 is 23.2 Å². The number of likely N-dealkylation sites (tertiary alicyclic amines) is 1. The predicted octanol–water partition coefficient (Wildman–Crippen LogP) is 5.79. The van der Waals surface area contributed by atoms with E-state index in [0.717, 1.165) is 26.1 Å². The molecule has 2 heterocycles. The molecule has 2 aliphatic rings.